The Bertz CT molecular complexity index is 1270. The van der Waals surface area contributed by atoms with Crippen molar-refractivity contribution in [3.05, 3.63) is 63.5 Å². The number of aromatic nitrogens is 4. The van der Waals surface area contributed by atoms with Crippen LogP contribution in [0.15, 0.2) is 57.9 Å². The zero-order valence-corrected chi connectivity index (χ0v) is 14.6. The van der Waals surface area contributed by atoms with Crippen LogP contribution in [0.1, 0.15) is 0 Å². The third-order valence-corrected chi connectivity index (χ3v) is 5.48. The molecule has 7 heteroatoms. The molecule has 0 bridgehead atoms. The number of aromatic amines is 1. The smallest absolute Gasteiger partial charge is 0.282 e. The van der Waals surface area contributed by atoms with Crippen LogP contribution in [-0.4, -0.2) is 19.7 Å². The summed E-state index contributed by atoms with van der Waals surface area (Å²) in [4.78, 5) is 21.7. The topological polar surface area (TPSA) is 63.6 Å². The summed E-state index contributed by atoms with van der Waals surface area (Å²) in [6, 6.07) is 13.7. The molecule has 0 aliphatic heterocycles. The van der Waals surface area contributed by atoms with Gasteiger partial charge in [0.25, 0.3) is 5.56 Å². The van der Waals surface area contributed by atoms with E-state index in [1.54, 1.807) is 6.20 Å². The Morgan fingerprint density at radius 1 is 1.08 bits per heavy atom. The monoisotopic (exact) mass is 396 g/mol. The zero-order chi connectivity index (χ0) is 16.3. The Balaban J connectivity index is 1.86. The lowest BCUT2D eigenvalue weighted by atomic mass is 10.2. The van der Waals surface area contributed by atoms with Gasteiger partial charge in [-0.05, 0) is 30.3 Å². The molecule has 116 valence electrons. The fourth-order valence-corrected chi connectivity index (χ4v) is 4.11. The predicted molar refractivity (Wildman–Crippen MR) is 100 cm³/mol. The average molecular weight is 397 g/mol. The van der Waals surface area contributed by atoms with E-state index in [0.717, 1.165) is 31.1 Å². The molecular weight excluding hydrogens is 388 g/mol. The Morgan fingerprint density at radius 2 is 1.96 bits per heavy atom. The molecule has 0 unspecified atom stereocenters. The molecule has 0 aliphatic rings. The van der Waals surface area contributed by atoms with Crippen LogP contribution in [0.3, 0.4) is 0 Å². The maximum atomic E-state index is 12.8. The first-order valence-electron chi connectivity index (χ1n) is 7.26. The number of rotatable bonds is 1. The van der Waals surface area contributed by atoms with E-state index in [9.17, 15) is 4.79 Å². The van der Waals surface area contributed by atoms with E-state index < -0.39 is 0 Å². The SMILES string of the molecule is O=c1c2cnc3ccc(Br)cc3c2[nH]n1-c1nc2ccccc2s1. The molecule has 5 rings (SSSR count). The minimum absolute atomic E-state index is 0.140. The summed E-state index contributed by atoms with van der Waals surface area (Å²) in [5.41, 5.74) is 2.35. The van der Waals surface area contributed by atoms with E-state index in [-0.39, 0.29) is 5.56 Å². The minimum Gasteiger partial charge on any atom is -0.287 e. The Kier molecular flexibility index (Phi) is 2.89. The van der Waals surface area contributed by atoms with Gasteiger partial charge in [0, 0.05) is 16.1 Å². The molecule has 5 nitrogen and oxygen atoms in total. The van der Waals surface area contributed by atoms with Crippen molar-refractivity contribution < 1.29 is 0 Å². The fraction of sp³-hybridized carbons (Fsp3) is 0. The number of benzene rings is 2. The molecule has 3 heterocycles. The Labute approximate surface area is 147 Å². The highest BCUT2D eigenvalue weighted by Crippen LogP contribution is 2.27. The Morgan fingerprint density at radius 3 is 2.83 bits per heavy atom. The van der Waals surface area contributed by atoms with Crippen LogP contribution in [-0.2, 0) is 0 Å². The standard InChI is InChI=1S/C17H9BrN4OS/c18-9-5-6-12-10(7-9)15-11(8-19-12)16(23)22(21-15)17-20-13-3-1-2-4-14(13)24-17/h1-8,21H. The number of thiazole rings is 1. The lowest BCUT2D eigenvalue weighted by molar-refractivity contribution is 0.857. The first kappa shape index (κ1) is 13.9. The number of nitrogens with zero attached hydrogens (tertiary/aromatic N) is 3. The third-order valence-electron chi connectivity index (χ3n) is 3.96. The number of H-pyrrole nitrogens is 1. The summed E-state index contributed by atoms with van der Waals surface area (Å²) in [7, 11) is 0. The normalized spacial score (nSPS) is 11.7. The molecule has 0 atom stereocenters. The van der Waals surface area contributed by atoms with Crippen LogP contribution in [0.2, 0.25) is 0 Å². The van der Waals surface area contributed by atoms with Crippen molar-refractivity contribution in [2.24, 2.45) is 0 Å². The molecular formula is C17H9BrN4OS. The maximum Gasteiger partial charge on any atom is 0.282 e. The van der Waals surface area contributed by atoms with Crippen molar-refractivity contribution in [3.8, 4) is 5.13 Å². The zero-order valence-electron chi connectivity index (χ0n) is 12.2. The van der Waals surface area contributed by atoms with E-state index in [1.807, 2.05) is 42.5 Å². The molecule has 2 aromatic carbocycles. The number of fused-ring (bicyclic) bond motifs is 4. The number of nitrogens with one attached hydrogen (secondary N) is 1. The summed E-state index contributed by atoms with van der Waals surface area (Å²) >= 11 is 4.95. The largest absolute Gasteiger partial charge is 0.287 e. The van der Waals surface area contributed by atoms with Gasteiger partial charge in [-0.2, -0.15) is 4.68 Å². The molecule has 0 aliphatic carbocycles. The van der Waals surface area contributed by atoms with Crippen LogP contribution in [0, 0.1) is 0 Å². The molecule has 0 amide bonds. The molecule has 1 N–H and O–H groups in total. The van der Waals surface area contributed by atoms with Crippen molar-refractivity contribution in [2.45, 2.75) is 0 Å². The molecule has 0 spiro atoms. The van der Waals surface area contributed by atoms with E-state index in [0.29, 0.717) is 10.5 Å². The molecule has 0 fully saturated rings. The molecule has 5 aromatic rings. The molecule has 24 heavy (non-hydrogen) atoms. The van der Waals surface area contributed by atoms with Gasteiger partial charge in [0.2, 0.25) is 5.13 Å². The number of halogens is 1. The van der Waals surface area contributed by atoms with Gasteiger partial charge in [-0.25, -0.2) is 4.98 Å². The third kappa shape index (κ3) is 1.95. The van der Waals surface area contributed by atoms with Gasteiger partial charge in [-0.3, -0.25) is 14.9 Å². The van der Waals surface area contributed by atoms with E-state index in [1.165, 1.54) is 16.0 Å². The first-order valence-corrected chi connectivity index (χ1v) is 8.86. The van der Waals surface area contributed by atoms with Gasteiger partial charge in [0.05, 0.1) is 26.6 Å². The lowest BCUT2D eigenvalue weighted by Crippen LogP contribution is -2.13. The molecule has 0 radical (unpaired) electrons. The number of pyridine rings is 1. The number of hydrogen-bond donors (Lipinski definition) is 1. The van der Waals surface area contributed by atoms with Crippen LogP contribution in [0.4, 0.5) is 0 Å². The van der Waals surface area contributed by atoms with Gasteiger partial charge >= 0.3 is 0 Å². The highest BCUT2D eigenvalue weighted by Gasteiger charge is 2.14. The van der Waals surface area contributed by atoms with E-state index >= 15 is 0 Å². The van der Waals surface area contributed by atoms with Crippen LogP contribution < -0.4 is 5.56 Å². The molecule has 3 aromatic heterocycles. The van der Waals surface area contributed by atoms with Crippen molar-refractivity contribution in [2.75, 3.05) is 0 Å². The van der Waals surface area contributed by atoms with E-state index in [2.05, 4.69) is 31.0 Å². The predicted octanol–water partition coefficient (Wildman–Crippen LogP) is 4.24. The second kappa shape index (κ2) is 4.99. The fourth-order valence-electron chi connectivity index (χ4n) is 2.82. The van der Waals surface area contributed by atoms with Crippen molar-refractivity contribution in [1.29, 1.82) is 0 Å². The molecule has 0 saturated heterocycles. The summed E-state index contributed by atoms with van der Waals surface area (Å²) in [5.74, 6) is 0. The van der Waals surface area contributed by atoms with Crippen molar-refractivity contribution in [3.63, 3.8) is 0 Å². The lowest BCUT2D eigenvalue weighted by Gasteiger charge is -1.98. The van der Waals surface area contributed by atoms with Crippen LogP contribution >= 0.6 is 27.3 Å². The van der Waals surface area contributed by atoms with Gasteiger partial charge < -0.3 is 0 Å². The second-order valence-electron chi connectivity index (χ2n) is 5.42. The summed E-state index contributed by atoms with van der Waals surface area (Å²) in [6.07, 6.45) is 1.62. The van der Waals surface area contributed by atoms with Crippen molar-refractivity contribution >= 4 is 59.3 Å². The van der Waals surface area contributed by atoms with Gasteiger partial charge in [-0.15, -0.1) is 0 Å². The summed E-state index contributed by atoms with van der Waals surface area (Å²) in [6.45, 7) is 0. The first-order chi connectivity index (χ1) is 11.7. The second-order valence-corrected chi connectivity index (χ2v) is 7.35. The number of hydrogen-bond acceptors (Lipinski definition) is 4. The molecule has 0 saturated carbocycles. The minimum atomic E-state index is -0.140. The number of para-hydroxylation sites is 1. The summed E-state index contributed by atoms with van der Waals surface area (Å²) < 4.78 is 3.49. The van der Waals surface area contributed by atoms with Gasteiger partial charge in [0.15, 0.2) is 0 Å². The van der Waals surface area contributed by atoms with E-state index in [4.69, 9.17) is 0 Å². The average Bonchev–Trinajstić information content (AvgIpc) is 3.16. The maximum absolute atomic E-state index is 12.8. The Hall–Kier alpha value is -2.51. The summed E-state index contributed by atoms with van der Waals surface area (Å²) in [5, 5.41) is 5.29. The van der Waals surface area contributed by atoms with Crippen LogP contribution in [0.5, 0.6) is 0 Å². The highest BCUT2D eigenvalue weighted by atomic mass is 79.9. The van der Waals surface area contributed by atoms with Gasteiger partial charge in [0.1, 0.15) is 0 Å². The van der Waals surface area contributed by atoms with Crippen LogP contribution in [0.25, 0.3) is 37.2 Å². The van der Waals surface area contributed by atoms with Gasteiger partial charge in [-0.1, -0.05) is 39.4 Å². The highest BCUT2D eigenvalue weighted by molar-refractivity contribution is 9.10. The quantitative estimate of drug-likeness (QED) is 0.460. The van der Waals surface area contributed by atoms with Crippen molar-refractivity contribution in [1.82, 2.24) is 19.7 Å².